The van der Waals surface area contributed by atoms with E-state index in [0.717, 1.165) is 12.8 Å². The van der Waals surface area contributed by atoms with Crippen LogP contribution in [0.4, 0.5) is 4.79 Å². The van der Waals surface area contributed by atoms with Crippen LogP contribution in [-0.4, -0.2) is 41.4 Å². The van der Waals surface area contributed by atoms with Gasteiger partial charge in [-0.25, -0.2) is 9.59 Å². The number of carbonyl (C=O) groups excluding carboxylic acids is 1. The van der Waals surface area contributed by atoms with Gasteiger partial charge in [-0.1, -0.05) is 0 Å². The molecule has 1 rings (SSSR count). The van der Waals surface area contributed by atoms with E-state index in [1.54, 1.807) is 0 Å². The predicted molar refractivity (Wildman–Crippen MR) is 47.8 cm³/mol. The monoisotopic (exact) mass is 202 g/mol. The standard InChI is InChI=1S/C8H14N2O4/c11-4-6(7(12)13)10-8(14)9-3-5-1-2-5/h5-6,11H,1-4H2,(H,12,13)(H2,9,10,14)/t6-/m0/s1. The van der Waals surface area contributed by atoms with Gasteiger partial charge in [0.05, 0.1) is 6.61 Å². The Balaban J connectivity index is 2.19. The van der Waals surface area contributed by atoms with Crippen LogP contribution in [0.2, 0.25) is 0 Å². The van der Waals surface area contributed by atoms with Gasteiger partial charge in [-0.15, -0.1) is 0 Å². The lowest BCUT2D eigenvalue weighted by atomic mass is 10.3. The van der Waals surface area contributed by atoms with Crippen LogP contribution >= 0.6 is 0 Å². The SMILES string of the molecule is O=C(NCC1CC1)N[C@@H](CO)C(=O)O. The number of carboxylic acid groups (broad SMARTS) is 1. The van der Waals surface area contributed by atoms with Crippen molar-refractivity contribution in [1.29, 1.82) is 0 Å². The average Bonchev–Trinajstić information content (AvgIpc) is 2.93. The molecule has 0 saturated heterocycles. The molecule has 0 radical (unpaired) electrons. The highest BCUT2D eigenvalue weighted by Gasteiger charge is 2.23. The summed E-state index contributed by atoms with van der Waals surface area (Å²) in [4.78, 5) is 21.5. The summed E-state index contributed by atoms with van der Waals surface area (Å²) in [6, 6.07) is -1.77. The van der Waals surface area contributed by atoms with Gasteiger partial charge in [0.2, 0.25) is 0 Å². The quantitative estimate of drug-likeness (QED) is 0.466. The molecule has 0 unspecified atom stereocenters. The first-order valence-corrected chi connectivity index (χ1v) is 4.51. The Hall–Kier alpha value is -1.30. The molecular weight excluding hydrogens is 188 g/mol. The molecular formula is C8H14N2O4. The van der Waals surface area contributed by atoms with Crippen molar-refractivity contribution in [2.45, 2.75) is 18.9 Å². The highest BCUT2D eigenvalue weighted by atomic mass is 16.4. The first kappa shape index (κ1) is 10.8. The maximum Gasteiger partial charge on any atom is 0.328 e. The highest BCUT2D eigenvalue weighted by molar-refractivity contribution is 5.82. The normalized spacial score (nSPS) is 17.2. The summed E-state index contributed by atoms with van der Waals surface area (Å²) in [5.74, 6) is -0.702. The van der Waals surface area contributed by atoms with E-state index in [-0.39, 0.29) is 0 Å². The third kappa shape index (κ3) is 3.61. The highest BCUT2D eigenvalue weighted by Crippen LogP contribution is 2.27. The lowest BCUT2D eigenvalue weighted by Gasteiger charge is -2.12. The molecule has 0 bridgehead atoms. The Morgan fingerprint density at radius 2 is 2.07 bits per heavy atom. The van der Waals surface area contributed by atoms with Gasteiger partial charge < -0.3 is 20.8 Å². The molecule has 4 N–H and O–H groups in total. The van der Waals surface area contributed by atoms with Crippen molar-refractivity contribution >= 4 is 12.0 Å². The molecule has 1 saturated carbocycles. The Morgan fingerprint density at radius 3 is 2.50 bits per heavy atom. The number of amides is 2. The van der Waals surface area contributed by atoms with Crippen molar-refractivity contribution in [2.24, 2.45) is 5.92 Å². The molecule has 80 valence electrons. The summed E-state index contributed by atoms with van der Waals surface area (Å²) in [6.45, 7) is -0.0320. The lowest BCUT2D eigenvalue weighted by Crippen LogP contribution is -2.48. The van der Waals surface area contributed by atoms with Crippen molar-refractivity contribution < 1.29 is 19.8 Å². The summed E-state index contributed by atoms with van der Waals surface area (Å²) in [7, 11) is 0. The number of hydrogen-bond acceptors (Lipinski definition) is 3. The van der Waals surface area contributed by atoms with Crippen molar-refractivity contribution in [2.75, 3.05) is 13.2 Å². The van der Waals surface area contributed by atoms with E-state index in [0.29, 0.717) is 12.5 Å². The number of rotatable bonds is 5. The van der Waals surface area contributed by atoms with E-state index in [1.807, 2.05) is 0 Å². The minimum absolute atomic E-state index is 0.540. The number of hydrogen-bond donors (Lipinski definition) is 4. The molecule has 6 heteroatoms. The van der Waals surface area contributed by atoms with Crippen LogP contribution in [0.1, 0.15) is 12.8 Å². The number of carbonyl (C=O) groups is 2. The van der Waals surface area contributed by atoms with E-state index in [2.05, 4.69) is 10.6 Å². The summed E-state index contributed by atoms with van der Waals surface area (Å²) in [5, 5.41) is 21.8. The molecule has 0 heterocycles. The van der Waals surface area contributed by atoms with Gasteiger partial charge in [0.15, 0.2) is 6.04 Å². The van der Waals surface area contributed by atoms with Crippen LogP contribution in [0.5, 0.6) is 0 Å². The van der Waals surface area contributed by atoms with E-state index in [4.69, 9.17) is 10.2 Å². The van der Waals surface area contributed by atoms with Gasteiger partial charge in [0, 0.05) is 6.54 Å². The Labute approximate surface area is 81.3 Å². The number of nitrogens with one attached hydrogen (secondary N) is 2. The summed E-state index contributed by atoms with van der Waals surface area (Å²) >= 11 is 0. The van der Waals surface area contributed by atoms with Crippen molar-refractivity contribution in [3.05, 3.63) is 0 Å². The molecule has 0 aromatic carbocycles. The predicted octanol–water partition coefficient (Wildman–Crippen LogP) is -0.859. The molecule has 1 fully saturated rings. The first-order valence-electron chi connectivity index (χ1n) is 4.51. The molecule has 0 aromatic heterocycles. The topological polar surface area (TPSA) is 98.7 Å². The fraction of sp³-hybridized carbons (Fsp3) is 0.750. The van der Waals surface area contributed by atoms with Gasteiger partial charge in [-0.2, -0.15) is 0 Å². The fourth-order valence-corrected chi connectivity index (χ4v) is 0.954. The van der Waals surface area contributed by atoms with Gasteiger partial charge in [-0.05, 0) is 18.8 Å². The fourth-order valence-electron chi connectivity index (χ4n) is 0.954. The van der Waals surface area contributed by atoms with Gasteiger partial charge >= 0.3 is 12.0 Å². The van der Waals surface area contributed by atoms with E-state index in [9.17, 15) is 9.59 Å². The van der Waals surface area contributed by atoms with Crippen molar-refractivity contribution in [3.63, 3.8) is 0 Å². The zero-order chi connectivity index (χ0) is 10.6. The molecule has 14 heavy (non-hydrogen) atoms. The van der Waals surface area contributed by atoms with Crippen molar-refractivity contribution in [1.82, 2.24) is 10.6 Å². The Morgan fingerprint density at radius 1 is 1.43 bits per heavy atom. The van der Waals surface area contributed by atoms with E-state index >= 15 is 0 Å². The maximum atomic E-state index is 11.1. The number of aliphatic hydroxyl groups excluding tert-OH is 1. The minimum Gasteiger partial charge on any atom is -0.480 e. The molecule has 6 nitrogen and oxygen atoms in total. The van der Waals surface area contributed by atoms with Crippen LogP contribution in [-0.2, 0) is 4.79 Å². The molecule has 0 aliphatic heterocycles. The number of carboxylic acids is 1. The molecule has 1 aliphatic rings. The number of aliphatic carboxylic acids is 1. The summed E-state index contributed by atoms with van der Waals surface area (Å²) in [5.41, 5.74) is 0. The number of aliphatic hydroxyl groups is 1. The largest absolute Gasteiger partial charge is 0.480 e. The summed E-state index contributed by atoms with van der Waals surface area (Å²) < 4.78 is 0. The zero-order valence-electron chi connectivity index (χ0n) is 7.69. The van der Waals surface area contributed by atoms with Crippen LogP contribution < -0.4 is 10.6 Å². The van der Waals surface area contributed by atoms with Crippen molar-refractivity contribution in [3.8, 4) is 0 Å². The lowest BCUT2D eigenvalue weighted by molar-refractivity contribution is -0.140. The Kier molecular flexibility index (Phi) is 3.70. The second-order valence-electron chi connectivity index (χ2n) is 3.37. The Bertz CT molecular complexity index is 227. The second-order valence-corrected chi connectivity index (χ2v) is 3.37. The van der Waals surface area contributed by atoms with Crippen LogP contribution in [0.15, 0.2) is 0 Å². The van der Waals surface area contributed by atoms with E-state index < -0.39 is 24.6 Å². The number of urea groups is 1. The van der Waals surface area contributed by atoms with E-state index in [1.165, 1.54) is 0 Å². The molecule has 0 spiro atoms. The maximum absolute atomic E-state index is 11.1. The molecule has 1 aliphatic carbocycles. The minimum atomic E-state index is -1.24. The van der Waals surface area contributed by atoms with Crippen LogP contribution in [0.3, 0.4) is 0 Å². The molecule has 2 amide bonds. The van der Waals surface area contributed by atoms with Crippen LogP contribution in [0.25, 0.3) is 0 Å². The molecule has 0 aromatic rings. The summed E-state index contributed by atoms with van der Waals surface area (Å²) in [6.07, 6.45) is 2.23. The first-order chi connectivity index (χ1) is 6.63. The molecule has 1 atom stereocenters. The second kappa shape index (κ2) is 4.80. The van der Waals surface area contributed by atoms with Gasteiger partial charge in [0.1, 0.15) is 0 Å². The van der Waals surface area contributed by atoms with Gasteiger partial charge in [-0.3, -0.25) is 0 Å². The third-order valence-corrected chi connectivity index (χ3v) is 2.03. The van der Waals surface area contributed by atoms with Gasteiger partial charge in [0.25, 0.3) is 0 Å². The smallest absolute Gasteiger partial charge is 0.328 e. The zero-order valence-corrected chi connectivity index (χ0v) is 7.69. The third-order valence-electron chi connectivity index (χ3n) is 2.03. The average molecular weight is 202 g/mol. The van der Waals surface area contributed by atoms with Crippen LogP contribution in [0, 0.1) is 5.92 Å².